The molecule has 1 aromatic carbocycles. The Bertz CT molecular complexity index is 540. The maximum Gasteiger partial charge on any atom is 0.240 e. The van der Waals surface area contributed by atoms with E-state index >= 15 is 0 Å². The number of ether oxygens (including phenoxy) is 1. The third-order valence-electron chi connectivity index (χ3n) is 3.10. The zero-order valence-electron chi connectivity index (χ0n) is 10.8. The number of nitrogen functional groups attached to an aromatic ring is 1. The summed E-state index contributed by atoms with van der Waals surface area (Å²) in [6.07, 6.45) is 1.07. The average molecular weight is 302 g/mol. The van der Waals surface area contributed by atoms with Gasteiger partial charge in [-0.1, -0.05) is 0 Å². The molecule has 1 heterocycles. The zero-order chi connectivity index (χ0) is 13.9. The number of thioether (sulfide) groups is 1. The van der Waals surface area contributed by atoms with Crippen LogP contribution in [-0.2, 0) is 10.0 Å². The smallest absolute Gasteiger partial charge is 0.240 e. The molecule has 0 spiro atoms. The summed E-state index contributed by atoms with van der Waals surface area (Å²) in [6, 6.07) is 4.49. The largest absolute Gasteiger partial charge is 0.495 e. The quantitative estimate of drug-likeness (QED) is 0.802. The third-order valence-corrected chi connectivity index (χ3v) is 5.75. The second-order valence-corrected chi connectivity index (χ2v) is 7.40. The van der Waals surface area contributed by atoms with E-state index in [1.54, 1.807) is 6.07 Å². The van der Waals surface area contributed by atoms with Gasteiger partial charge in [-0.2, -0.15) is 11.8 Å². The Labute approximate surface area is 118 Å². The van der Waals surface area contributed by atoms with Crippen molar-refractivity contribution in [3.8, 4) is 5.75 Å². The number of rotatable bonds is 5. The fourth-order valence-corrected chi connectivity index (χ4v) is 4.37. The van der Waals surface area contributed by atoms with E-state index in [1.807, 2.05) is 11.8 Å². The van der Waals surface area contributed by atoms with Gasteiger partial charge in [-0.05, 0) is 42.0 Å². The Morgan fingerprint density at radius 1 is 1.53 bits per heavy atom. The van der Waals surface area contributed by atoms with Gasteiger partial charge >= 0.3 is 0 Å². The second-order valence-electron chi connectivity index (χ2n) is 4.49. The topological polar surface area (TPSA) is 81.4 Å². The predicted octanol–water partition coefficient (Wildman–Crippen LogP) is 1.31. The van der Waals surface area contributed by atoms with Crippen LogP contribution in [-0.4, -0.2) is 33.6 Å². The van der Waals surface area contributed by atoms with Crippen LogP contribution < -0.4 is 15.2 Å². The molecule has 0 aromatic heterocycles. The van der Waals surface area contributed by atoms with Crippen molar-refractivity contribution in [1.29, 1.82) is 0 Å². The van der Waals surface area contributed by atoms with Gasteiger partial charge in [-0.15, -0.1) is 0 Å². The number of anilines is 1. The van der Waals surface area contributed by atoms with Crippen LogP contribution in [0.5, 0.6) is 5.75 Å². The SMILES string of the molecule is COc1ccc(S(=O)(=O)NCC2CCSC2)cc1N. The first kappa shape index (κ1) is 14.5. The lowest BCUT2D eigenvalue weighted by atomic mass is 10.1. The van der Waals surface area contributed by atoms with Gasteiger partial charge in [0, 0.05) is 6.54 Å². The minimum atomic E-state index is -3.49. The van der Waals surface area contributed by atoms with Gasteiger partial charge in [0.15, 0.2) is 0 Å². The molecule has 1 aliphatic rings. The summed E-state index contributed by atoms with van der Waals surface area (Å²) in [6.45, 7) is 0.487. The molecule has 0 amide bonds. The molecule has 1 aliphatic heterocycles. The highest BCUT2D eigenvalue weighted by atomic mass is 32.2. The van der Waals surface area contributed by atoms with E-state index in [-0.39, 0.29) is 4.90 Å². The van der Waals surface area contributed by atoms with Crippen molar-refractivity contribution in [1.82, 2.24) is 4.72 Å². The van der Waals surface area contributed by atoms with E-state index in [0.717, 1.165) is 17.9 Å². The van der Waals surface area contributed by atoms with Gasteiger partial charge < -0.3 is 10.5 Å². The normalized spacial score (nSPS) is 19.5. The highest BCUT2D eigenvalue weighted by molar-refractivity contribution is 7.99. The van der Waals surface area contributed by atoms with E-state index in [4.69, 9.17) is 10.5 Å². The van der Waals surface area contributed by atoms with Crippen LogP contribution in [0.3, 0.4) is 0 Å². The molecule has 3 N–H and O–H groups in total. The number of nitrogens with one attached hydrogen (secondary N) is 1. The van der Waals surface area contributed by atoms with Crippen molar-refractivity contribution in [3.63, 3.8) is 0 Å². The minimum Gasteiger partial charge on any atom is -0.495 e. The molecule has 1 saturated heterocycles. The Kier molecular flexibility index (Phi) is 4.59. The number of nitrogens with two attached hydrogens (primary N) is 1. The molecular formula is C12H18N2O3S2. The molecule has 1 unspecified atom stereocenters. The molecule has 1 aromatic rings. The lowest BCUT2D eigenvalue weighted by Crippen LogP contribution is -2.29. The number of hydrogen-bond donors (Lipinski definition) is 2. The van der Waals surface area contributed by atoms with Crippen LogP contribution in [0.4, 0.5) is 5.69 Å². The summed E-state index contributed by atoms with van der Waals surface area (Å²) in [5, 5.41) is 0. The Morgan fingerprint density at radius 2 is 2.32 bits per heavy atom. The summed E-state index contributed by atoms with van der Waals surface area (Å²) >= 11 is 1.86. The Balaban J connectivity index is 2.08. The number of hydrogen-bond acceptors (Lipinski definition) is 5. The van der Waals surface area contributed by atoms with Crippen LogP contribution in [0.2, 0.25) is 0 Å². The highest BCUT2D eigenvalue weighted by Gasteiger charge is 2.20. The van der Waals surface area contributed by atoms with Crippen molar-refractivity contribution in [3.05, 3.63) is 18.2 Å². The van der Waals surface area contributed by atoms with Crippen LogP contribution >= 0.6 is 11.8 Å². The van der Waals surface area contributed by atoms with E-state index in [9.17, 15) is 8.42 Å². The van der Waals surface area contributed by atoms with Gasteiger partial charge in [0.25, 0.3) is 0 Å². The van der Waals surface area contributed by atoms with E-state index in [0.29, 0.717) is 23.9 Å². The molecule has 1 fully saturated rings. The molecule has 2 rings (SSSR count). The standard InChI is InChI=1S/C12H18N2O3S2/c1-17-12-3-2-10(6-11(12)13)19(15,16)14-7-9-4-5-18-8-9/h2-3,6,9,14H,4-5,7-8,13H2,1H3. The molecule has 1 atom stereocenters. The molecule has 0 saturated carbocycles. The molecule has 0 aliphatic carbocycles. The van der Waals surface area contributed by atoms with Crippen LogP contribution in [0, 0.1) is 5.92 Å². The van der Waals surface area contributed by atoms with Crippen LogP contribution in [0.1, 0.15) is 6.42 Å². The summed E-state index contributed by atoms with van der Waals surface area (Å²) in [4.78, 5) is 0.177. The zero-order valence-corrected chi connectivity index (χ0v) is 12.4. The molecular weight excluding hydrogens is 284 g/mol. The molecule has 106 valence electrons. The average Bonchev–Trinajstić information content (AvgIpc) is 2.89. The lowest BCUT2D eigenvalue weighted by Gasteiger charge is -2.12. The van der Waals surface area contributed by atoms with Crippen molar-refractivity contribution < 1.29 is 13.2 Å². The summed E-state index contributed by atoms with van der Waals surface area (Å²) < 4.78 is 31.9. The van der Waals surface area contributed by atoms with Gasteiger partial charge in [0.2, 0.25) is 10.0 Å². The van der Waals surface area contributed by atoms with Gasteiger partial charge in [0.05, 0.1) is 17.7 Å². The summed E-state index contributed by atoms with van der Waals surface area (Å²) in [5.74, 6) is 3.04. The molecule has 7 heteroatoms. The van der Waals surface area contributed by atoms with Crippen molar-refractivity contribution >= 4 is 27.5 Å². The second kappa shape index (κ2) is 6.02. The highest BCUT2D eigenvalue weighted by Crippen LogP contribution is 2.25. The van der Waals surface area contributed by atoms with Crippen LogP contribution in [0.15, 0.2) is 23.1 Å². The van der Waals surface area contributed by atoms with E-state index < -0.39 is 10.0 Å². The van der Waals surface area contributed by atoms with Gasteiger partial charge in [-0.3, -0.25) is 0 Å². The van der Waals surface area contributed by atoms with Crippen molar-refractivity contribution in [2.45, 2.75) is 11.3 Å². The lowest BCUT2D eigenvalue weighted by molar-refractivity contribution is 0.416. The molecule has 0 radical (unpaired) electrons. The minimum absolute atomic E-state index is 0.177. The Hall–Kier alpha value is -0.920. The number of methoxy groups -OCH3 is 1. The molecule has 0 bridgehead atoms. The third kappa shape index (κ3) is 3.55. The van der Waals surface area contributed by atoms with Crippen molar-refractivity contribution in [2.24, 2.45) is 5.92 Å². The monoisotopic (exact) mass is 302 g/mol. The van der Waals surface area contributed by atoms with E-state index in [2.05, 4.69) is 4.72 Å². The van der Waals surface area contributed by atoms with Crippen LogP contribution in [0.25, 0.3) is 0 Å². The van der Waals surface area contributed by atoms with Crippen molar-refractivity contribution in [2.75, 3.05) is 30.9 Å². The first-order valence-corrected chi connectivity index (χ1v) is 8.67. The first-order chi connectivity index (χ1) is 9.03. The fourth-order valence-electron chi connectivity index (χ4n) is 1.93. The number of benzene rings is 1. The number of sulfonamides is 1. The fraction of sp³-hybridized carbons (Fsp3) is 0.500. The molecule has 5 nitrogen and oxygen atoms in total. The predicted molar refractivity (Wildman–Crippen MR) is 78.0 cm³/mol. The van der Waals surface area contributed by atoms with Gasteiger partial charge in [-0.25, -0.2) is 13.1 Å². The van der Waals surface area contributed by atoms with E-state index in [1.165, 1.54) is 19.2 Å². The summed E-state index contributed by atoms with van der Waals surface area (Å²) in [7, 11) is -1.99. The maximum atomic E-state index is 12.1. The molecule has 19 heavy (non-hydrogen) atoms. The van der Waals surface area contributed by atoms with Gasteiger partial charge in [0.1, 0.15) is 5.75 Å². The summed E-state index contributed by atoms with van der Waals surface area (Å²) in [5.41, 5.74) is 6.05. The maximum absolute atomic E-state index is 12.1. The Morgan fingerprint density at radius 3 is 2.89 bits per heavy atom. The first-order valence-electron chi connectivity index (χ1n) is 6.04.